The molecule has 3 aromatic rings. The van der Waals surface area contributed by atoms with E-state index in [0.717, 1.165) is 11.4 Å². The molecule has 0 unspecified atom stereocenters. The van der Waals surface area contributed by atoms with Crippen LogP contribution >= 0.6 is 11.3 Å². The lowest BCUT2D eigenvalue weighted by Gasteiger charge is -2.09. The van der Waals surface area contributed by atoms with Gasteiger partial charge in [0.25, 0.3) is 15.9 Å². The highest BCUT2D eigenvalue weighted by atomic mass is 32.2. The first-order valence-electron chi connectivity index (χ1n) is 9.36. The number of amides is 1. The Bertz CT molecular complexity index is 1090. The number of hydrogen-bond acceptors (Lipinski definition) is 7. The van der Waals surface area contributed by atoms with Crippen LogP contribution in [0.1, 0.15) is 24.4 Å². The summed E-state index contributed by atoms with van der Waals surface area (Å²) >= 11 is 1.19. The van der Waals surface area contributed by atoms with Crippen LogP contribution in [0.15, 0.2) is 53.4 Å². The molecule has 30 heavy (non-hydrogen) atoms. The summed E-state index contributed by atoms with van der Waals surface area (Å²) < 4.78 is 32.8. The first-order valence-corrected chi connectivity index (χ1v) is 11.7. The fraction of sp³-hybridized carbons (Fsp3) is 0.250. The Balaban J connectivity index is 1.55. The Morgan fingerprint density at radius 1 is 1.00 bits per heavy atom. The molecule has 1 amide bonds. The van der Waals surface area contributed by atoms with Crippen LogP contribution in [0.3, 0.4) is 0 Å². The van der Waals surface area contributed by atoms with Crippen LogP contribution in [0.25, 0.3) is 0 Å². The lowest BCUT2D eigenvalue weighted by atomic mass is 10.2. The molecule has 0 aliphatic heterocycles. The van der Waals surface area contributed by atoms with Crippen molar-refractivity contribution in [2.75, 3.05) is 16.6 Å². The maximum absolute atomic E-state index is 12.5. The van der Waals surface area contributed by atoms with Crippen molar-refractivity contribution in [1.82, 2.24) is 10.2 Å². The number of sulfonamides is 1. The molecular formula is C20H22N4O4S2. The number of nitrogens with one attached hydrogen (secondary N) is 2. The number of benzene rings is 2. The van der Waals surface area contributed by atoms with Crippen molar-refractivity contribution in [1.29, 1.82) is 0 Å². The molecule has 2 aromatic carbocycles. The Hall–Kier alpha value is -2.98. The lowest BCUT2D eigenvalue weighted by molar-refractivity contribution is -0.118. The normalized spacial score (nSPS) is 11.1. The van der Waals surface area contributed by atoms with Crippen molar-refractivity contribution >= 4 is 38.1 Å². The number of nitrogens with zero attached hydrogens (tertiary/aromatic N) is 2. The van der Waals surface area contributed by atoms with Crippen molar-refractivity contribution in [3.63, 3.8) is 0 Å². The third kappa shape index (κ3) is 5.77. The maximum Gasteiger partial charge on any atom is 0.263 e. The van der Waals surface area contributed by atoms with Crippen molar-refractivity contribution in [2.45, 2.75) is 31.6 Å². The van der Waals surface area contributed by atoms with Gasteiger partial charge in [0.2, 0.25) is 5.13 Å². The number of carbonyl (C=O) groups is 1. The molecule has 3 rings (SSSR count). The minimum atomic E-state index is -3.78. The van der Waals surface area contributed by atoms with Gasteiger partial charge in [-0.1, -0.05) is 37.3 Å². The van der Waals surface area contributed by atoms with Gasteiger partial charge in [0.1, 0.15) is 10.8 Å². The van der Waals surface area contributed by atoms with Gasteiger partial charge in [-0.25, -0.2) is 8.42 Å². The summed E-state index contributed by atoms with van der Waals surface area (Å²) in [4.78, 5) is 12.1. The van der Waals surface area contributed by atoms with E-state index in [9.17, 15) is 13.2 Å². The highest BCUT2D eigenvalue weighted by Crippen LogP contribution is 2.21. The molecule has 0 saturated carbocycles. The van der Waals surface area contributed by atoms with Crippen LogP contribution in [0.5, 0.6) is 5.75 Å². The minimum absolute atomic E-state index is 0.0565. The number of aryl methyl sites for hydroxylation is 2. The fourth-order valence-electron chi connectivity index (χ4n) is 2.50. The van der Waals surface area contributed by atoms with E-state index in [1.807, 2.05) is 31.2 Å². The van der Waals surface area contributed by atoms with Gasteiger partial charge in [-0.3, -0.25) is 9.52 Å². The SMILES string of the molecule is CCc1ccc(OCC(=O)Nc2ccc(S(=O)(=O)Nc3nnc(CC)s3)cc2)cc1. The maximum atomic E-state index is 12.5. The van der Waals surface area contributed by atoms with Crippen LogP contribution < -0.4 is 14.8 Å². The number of hydrogen-bond donors (Lipinski definition) is 2. The predicted molar refractivity (Wildman–Crippen MR) is 116 cm³/mol. The summed E-state index contributed by atoms with van der Waals surface area (Å²) in [5, 5.41) is 11.3. The summed E-state index contributed by atoms with van der Waals surface area (Å²) in [6, 6.07) is 13.4. The Labute approximate surface area is 179 Å². The Kier molecular flexibility index (Phi) is 7.01. The molecular weight excluding hydrogens is 424 g/mol. The van der Waals surface area contributed by atoms with Crippen molar-refractivity contribution in [3.05, 3.63) is 59.1 Å². The van der Waals surface area contributed by atoms with E-state index < -0.39 is 10.0 Å². The first-order chi connectivity index (χ1) is 14.4. The van der Waals surface area contributed by atoms with Gasteiger partial charge in [0, 0.05) is 5.69 Å². The van der Waals surface area contributed by atoms with E-state index >= 15 is 0 Å². The molecule has 0 atom stereocenters. The Morgan fingerprint density at radius 2 is 1.70 bits per heavy atom. The molecule has 0 spiro atoms. The van der Waals surface area contributed by atoms with Crippen molar-refractivity contribution in [2.24, 2.45) is 0 Å². The number of aromatic nitrogens is 2. The van der Waals surface area contributed by atoms with E-state index in [1.54, 1.807) is 0 Å². The van der Waals surface area contributed by atoms with E-state index in [4.69, 9.17) is 4.74 Å². The molecule has 2 N–H and O–H groups in total. The van der Waals surface area contributed by atoms with E-state index in [1.165, 1.54) is 41.2 Å². The van der Waals surface area contributed by atoms with Crippen LogP contribution in [-0.2, 0) is 27.7 Å². The second-order valence-corrected chi connectivity index (χ2v) is 9.06. The molecule has 0 aliphatic rings. The van der Waals surface area contributed by atoms with Gasteiger partial charge < -0.3 is 10.1 Å². The molecule has 0 aliphatic carbocycles. The lowest BCUT2D eigenvalue weighted by Crippen LogP contribution is -2.20. The minimum Gasteiger partial charge on any atom is -0.484 e. The second kappa shape index (κ2) is 9.68. The van der Waals surface area contributed by atoms with Gasteiger partial charge in [0.15, 0.2) is 6.61 Å². The average Bonchev–Trinajstić information content (AvgIpc) is 3.20. The van der Waals surface area contributed by atoms with Gasteiger partial charge in [-0.05, 0) is 54.8 Å². The van der Waals surface area contributed by atoms with Crippen LogP contribution in [0.4, 0.5) is 10.8 Å². The van der Waals surface area contributed by atoms with Gasteiger partial charge in [-0.2, -0.15) is 0 Å². The van der Waals surface area contributed by atoms with Gasteiger partial charge in [-0.15, -0.1) is 10.2 Å². The van der Waals surface area contributed by atoms with Crippen LogP contribution in [-0.4, -0.2) is 31.1 Å². The van der Waals surface area contributed by atoms with Gasteiger partial charge in [0.05, 0.1) is 4.90 Å². The number of ether oxygens (including phenoxy) is 1. The van der Waals surface area contributed by atoms with E-state index in [-0.39, 0.29) is 22.5 Å². The highest BCUT2D eigenvalue weighted by molar-refractivity contribution is 7.93. The summed E-state index contributed by atoms with van der Waals surface area (Å²) in [6.07, 6.45) is 1.62. The summed E-state index contributed by atoms with van der Waals surface area (Å²) in [5.74, 6) is 0.266. The van der Waals surface area contributed by atoms with Crippen molar-refractivity contribution in [3.8, 4) is 5.75 Å². The van der Waals surface area contributed by atoms with E-state index in [2.05, 4.69) is 27.2 Å². The Morgan fingerprint density at radius 3 is 2.30 bits per heavy atom. The standard InChI is InChI=1S/C20H22N4O4S2/c1-3-14-5-9-16(10-6-14)28-13-18(25)21-15-7-11-17(12-8-15)30(26,27)24-20-23-22-19(4-2)29-20/h5-12H,3-4,13H2,1-2H3,(H,21,25)(H,23,24). The average molecular weight is 447 g/mol. The highest BCUT2D eigenvalue weighted by Gasteiger charge is 2.17. The van der Waals surface area contributed by atoms with Crippen molar-refractivity contribution < 1.29 is 17.9 Å². The third-order valence-corrected chi connectivity index (χ3v) is 6.61. The van der Waals surface area contributed by atoms with Gasteiger partial charge >= 0.3 is 0 Å². The number of anilines is 2. The topological polar surface area (TPSA) is 110 Å². The van der Waals surface area contributed by atoms with Crippen LogP contribution in [0, 0.1) is 0 Å². The summed E-state index contributed by atoms with van der Waals surface area (Å²) in [5.41, 5.74) is 1.65. The first kappa shape index (κ1) is 21.7. The monoisotopic (exact) mass is 446 g/mol. The zero-order valence-corrected chi connectivity index (χ0v) is 18.2. The molecule has 1 aromatic heterocycles. The van der Waals surface area contributed by atoms with E-state index in [0.29, 0.717) is 17.9 Å². The molecule has 0 fully saturated rings. The summed E-state index contributed by atoms with van der Waals surface area (Å²) in [7, 11) is -3.78. The smallest absolute Gasteiger partial charge is 0.263 e. The third-order valence-electron chi connectivity index (χ3n) is 4.14. The number of carbonyl (C=O) groups excluding carboxylic acids is 1. The molecule has 0 radical (unpaired) electrons. The molecule has 10 heteroatoms. The molecule has 158 valence electrons. The number of rotatable bonds is 9. The molecule has 0 bridgehead atoms. The fourth-order valence-corrected chi connectivity index (χ4v) is 4.41. The quantitative estimate of drug-likeness (QED) is 0.521. The second-order valence-electron chi connectivity index (χ2n) is 6.32. The predicted octanol–water partition coefficient (Wildman–Crippen LogP) is 3.48. The molecule has 1 heterocycles. The molecule has 8 nitrogen and oxygen atoms in total. The summed E-state index contributed by atoms with van der Waals surface area (Å²) in [6.45, 7) is 3.83. The largest absolute Gasteiger partial charge is 0.484 e. The zero-order chi connectivity index (χ0) is 21.6. The van der Waals surface area contributed by atoms with Crippen LogP contribution in [0.2, 0.25) is 0 Å². The molecule has 0 saturated heterocycles. The zero-order valence-electron chi connectivity index (χ0n) is 16.6.